The molecule has 7 heteroatoms. The van der Waals surface area contributed by atoms with Crippen LogP contribution in [-0.2, 0) is 24.4 Å². The molecular formula is C20H28N6O. The van der Waals surface area contributed by atoms with Gasteiger partial charge in [0, 0.05) is 25.7 Å². The molecule has 144 valence electrons. The minimum atomic E-state index is 0.262. The molecule has 2 fully saturated rings. The number of aromatic nitrogens is 4. The number of rotatable bonds is 5. The molecule has 27 heavy (non-hydrogen) atoms. The standard InChI is InChI=1S/C20H28N6O/c1-2-25-16-22-23-18(25)14-24-11-8-20(9-12-24)7-6-19(27)26(15-20)13-17-5-3-4-10-21-17/h3-5,10,16H,2,6-9,11-15H2,1H3. The maximum absolute atomic E-state index is 12.4. The summed E-state index contributed by atoms with van der Waals surface area (Å²) in [5, 5.41) is 8.30. The highest BCUT2D eigenvalue weighted by atomic mass is 16.2. The lowest BCUT2D eigenvalue weighted by Gasteiger charge is -2.47. The van der Waals surface area contributed by atoms with Gasteiger partial charge >= 0.3 is 0 Å². The fraction of sp³-hybridized carbons (Fsp3) is 0.600. The SMILES string of the molecule is CCn1cnnc1CN1CCC2(CCC(=O)N(Cc3ccccn3)C2)CC1. The van der Waals surface area contributed by atoms with Crippen molar-refractivity contribution >= 4 is 5.91 Å². The molecule has 2 aromatic rings. The third kappa shape index (κ3) is 4.03. The summed E-state index contributed by atoms with van der Waals surface area (Å²) in [7, 11) is 0. The molecule has 0 atom stereocenters. The number of likely N-dealkylation sites (tertiary alicyclic amines) is 2. The van der Waals surface area contributed by atoms with Crippen molar-refractivity contribution in [3.8, 4) is 0 Å². The van der Waals surface area contributed by atoms with Crippen molar-refractivity contribution < 1.29 is 4.79 Å². The van der Waals surface area contributed by atoms with Crippen LogP contribution in [0.15, 0.2) is 30.7 Å². The molecule has 7 nitrogen and oxygen atoms in total. The van der Waals surface area contributed by atoms with E-state index < -0.39 is 0 Å². The predicted molar refractivity (Wildman–Crippen MR) is 102 cm³/mol. The molecule has 0 bridgehead atoms. The summed E-state index contributed by atoms with van der Waals surface area (Å²) < 4.78 is 2.11. The Morgan fingerprint density at radius 3 is 2.74 bits per heavy atom. The molecule has 0 saturated carbocycles. The molecule has 4 heterocycles. The first-order valence-corrected chi connectivity index (χ1v) is 9.94. The number of aryl methyl sites for hydroxylation is 1. The Labute approximate surface area is 160 Å². The maximum atomic E-state index is 12.4. The van der Waals surface area contributed by atoms with Crippen LogP contribution in [0.1, 0.15) is 44.1 Å². The normalized spacial score (nSPS) is 20.3. The molecule has 2 aromatic heterocycles. The van der Waals surface area contributed by atoms with Crippen molar-refractivity contribution in [3.63, 3.8) is 0 Å². The first-order chi connectivity index (χ1) is 13.2. The van der Waals surface area contributed by atoms with Gasteiger partial charge in [0.05, 0.1) is 18.8 Å². The van der Waals surface area contributed by atoms with Crippen molar-refractivity contribution in [2.45, 2.75) is 52.2 Å². The molecule has 0 aromatic carbocycles. The van der Waals surface area contributed by atoms with Crippen LogP contribution in [0.25, 0.3) is 0 Å². The molecule has 1 spiro atoms. The van der Waals surface area contributed by atoms with Crippen LogP contribution < -0.4 is 0 Å². The van der Waals surface area contributed by atoms with Crippen molar-refractivity contribution in [2.24, 2.45) is 5.41 Å². The van der Waals surface area contributed by atoms with Crippen LogP contribution in [0.4, 0.5) is 0 Å². The van der Waals surface area contributed by atoms with E-state index in [0.717, 1.165) is 63.5 Å². The smallest absolute Gasteiger partial charge is 0.222 e. The van der Waals surface area contributed by atoms with E-state index in [2.05, 4.69) is 31.6 Å². The summed E-state index contributed by atoms with van der Waals surface area (Å²) in [4.78, 5) is 21.3. The van der Waals surface area contributed by atoms with Crippen molar-refractivity contribution in [2.75, 3.05) is 19.6 Å². The Morgan fingerprint density at radius 1 is 1.15 bits per heavy atom. The summed E-state index contributed by atoms with van der Waals surface area (Å²) in [6.07, 6.45) is 7.56. The van der Waals surface area contributed by atoms with Gasteiger partial charge in [-0.3, -0.25) is 14.7 Å². The number of nitrogens with zero attached hydrogens (tertiary/aromatic N) is 6. The molecular weight excluding hydrogens is 340 g/mol. The zero-order chi connectivity index (χ0) is 18.7. The van der Waals surface area contributed by atoms with Crippen LogP contribution in [0, 0.1) is 5.41 Å². The monoisotopic (exact) mass is 368 g/mol. The average Bonchev–Trinajstić information content (AvgIpc) is 3.15. The van der Waals surface area contributed by atoms with Gasteiger partial charge in [0.1, 0.15) is 12.2 Å². The second-order valence-corrected chi connectivity index (χ2v) is 7.88. The Morgan fingerprint density at radius 2 is 2.00 bits per heavy atom. The lowest BCUT2D eigenvalue weighted by Crippen LogP contribution is -2.51. The molecule has 2 aliphatic rings. The lowest BCUT2D eigenvalue weighted by atomic mass is 9.72. The van der Waals surface area contributed by atoms with Crippen molar-refractivity contribution in [1.29, 1.82) is 0 Å². The van der Waals surface area contributed by atoms with E-state index in [1.54, 1.807) is 6.20 Å². The van der Waals surface area contributed by atoms with Gasteiger partial charge < -0.3 is 9.47 Å². The Balaban J connectivity index is 1.36. The molecule has 4 rings (SSSR count). The summed E-state index contributed by atoms with van der Waals surface area (Å²) >= 11 is 0. The zero-order valence-electron chi connectivity index (χ0n) is 16.0. The number of hydrogen-bond acceptors (Lipinski definition) is 5. The minimum Gasteiger partial charge on any atom is -0.336 e. The first-order valence-electron chi connectivity index (χ1n) is 9.94. The van der Waals surface area contributed by atoms with Gasteiger partial charge in [-0.25, -0.2) is 0 Å². The number of hydrogen-bond donors (Lipinski definition) is 0. The van der Waals surface area contributed by atoms with Gasteiger partial charge in [-0.1, -0.05) is 6.07 Å². The second kappa shape index (κ2) is 7.76. The second-order valence-electron chi connectivity index (χ2n) is 7.88. The topological polar surface area (TPSA) is 67.2 Å². The van der Waals surface area contributed by atoms with Crippen LogP contribution >= 0.6 is 0 Å². The third-order valence-corrected chi connectivity index (χ3v) is 6.15. The van der Waals surface area contributed by atoms with Crippen LogP contribution in [-0.4, -0.2) is 55.1 Å². The highest BCUT2D eigenvalue weighted by Gasteiger charge is 2.41. The maximum Gasteiger partial charge on any atom is 0.222 e. The van der Waals surface area contributed by atoms with E-state index >= 15 is 0 Å². The van der Waals surface area contributed by atoms with Crippen LogP contribution in [0.2, 0.25) is 0 Å². The van der Waals surface area contributed by atoms with Gasteiger partial charge in [-0.15, -0.1) is 10.2 Å². The molecule has 0 aliphatic carbocycles. The summed E-state index contributed by atoms with van der Waals surface area (Å²) in [6, 6.07) is 5.90. The zero-order valence-corrected chi connectivity index (χ0v) is 16.0. The number of pyridine rings is 1. The summed E-state index contributed by atoms with van der Waals surface area (Å²) in [5.41, 5.74) is 1.23. The van der Waals surface area contributed by atoms with E-state index in [-0.39, 0.29) is 11.3 Å². The molecule has 2 saturated heterocycles. The van der Waals surface area contributed by atoms with Crippen LogP contribution in [0.3, 0.4) is 0 Å². The predicted octanol–water partition coefficient (Wildman–Crippen LogP) is 2.10. The van der Waals surface area contributed by atoms with Gasteiger partial charge in [-0.05, 0) is 56.8 Å². The van der Waals surface area contributed by atoms with Gasteiger partial charge in [0.15, 0.2) is 0 Å². The number of amides is 1. The van der Waals surface area contributed by atoms with Crippen molar-refractivity contribution in [3.05, 3.63) is 42.2 Å². The molecule has 0 radical (unpaired) electrons. The Bertz CT molecular complexity index is 766. The van der Waals surface area contributed by atoms with E-state index in [1.165, 1.54) is 0 Å². The van der Waals surface area contributed by atoms with Gasteiger partial charge in [-0.2, -0.15) is 0 Å². The third-order valence-electron chi connectivity index (χ3n) is 6.15. The van der Waals surface area contributed by atoms with Gasteiger partial charge in [0.2, 0.25) is 5.91 Å². The first kappa shape index (κ1) is 18.1. The Kier molecular flexibility index (Phi) is 5.20. The number of carbonyl (C=O) groups excluding carboxylic acids is 1. The summed E-state index contributed by atoms with van der Waals surface area (Å²) in [5.74, 6) is 1.31. The highest BCUT2D eigenvalue weighted by Crippen LogP contribution is 2.40. The van der Waals surface area contributed by atoms with E-state index in [9.17, 15) is 4.79 Å². The fourth-order valence-corrected chi connectivity index (χ4v) is 4.39. The average molecular weight is 368 g/mol. The van der Waals surface area contributed by atoms with E-state index in [0.29, 0.717) is 13.0 Å². The molecule has 0 N–H and O–H groups in total. The summed E-state index contributed by atoms with van der Waals surface area (Å²) in [6.45, 7) is 7.50. The number of carbonyl (C=O) groups is 1. The Hall–Kier alpha value is -2.28. The quantitative estimate of drug-likeness (QED) is 0.808. The molecule has 2 aliphatic heterocycles. The largest absolute Gasteiger partial charge is 0.336 e. The highest BCUT2D eigenvalue weighted by molar-refractivity contribution is 5.77. The van der Waals surface area contributed by atoms with Crippen LogP contribution in [0.5, 0.6) is 0 Å². The minimum absolute atomic E-state index is 0.262. The lowest BCUT2D eigenvalue weighted by molar-refractivity contribution is -0.140. The fourth-order valence-electron chi connectivity index (χ4n) is 4.39. The van der Waals surface area contributed by atoms with Crippen molar-refractivity contribution in [1.82, 2.24) is 29.5 Å². The van der Waals surface area contributed by atoms with E-state index in [4.69, 9.17) is 0 Å². The van der Waals surface area contributed by atoms with E-state index in [1.807, 2.05) is 29.4 Å². The number of piperidine rings is 2. The molecule has 0 unspecified atom stereocenters. The van der Waals surface area contributed by atoms with Gasteiger partial charge in [0.25, 0.3) is 0 Å². The molecule has 1 amide bonds.